The molecule has 2 aromatic heterocycles. The van der Waals surface area contributed by atoms with Crippen LogP contribution >= 0.6 is 0 Å². The minimum atomic E-state index is -1.36. The normalized spacial score (nSPS) is 13.7. The molecule has 0 aliphatic heterocycles. The Morgan fingerprint density at radius 3 is 1.21 bits per heavy atom. The molecule has 0 fully saturated rings. The number of carbonyl (C=O) groups excluding carboxylic acids is 2. The van der Waals surface area contributed by atoms with Gasteiger partial charge >= 0.3 is 48.9 Å². The van der Waals surface area contributed by atoms with Crippen LogP contribution in [0.15, 0.2) is 109 Å². The van der Waals surface area contributed by atoms with Gasteiger partial charge in [0.05, 0.1) is 24.4 Å². The van der Waals surface area contributed by atoms with Crippen LogP contribution in [0.3, 0.4) is 0 Å². The molecule has 4 N–H and O–H groups in total. The van der Waals surface area contributed by atoms with Crippen LogP contribution in [0, 0.1) is 11.6 Å². The molecule has 0 saturated carbocycles. The number of rotatable bonds is 16. The standard InChI is InChI=1S/2C24H26FNO4.Ba/c2*1-15(2)26-21-6-4-3-5-20(21)24(16-7-9-17(25)10-8-16)22(26)12-11-18(27)13-19(28)14-23(29)30;/h2*3-12,15,18-19,27-28H,13-14H2,1-2H3,(H,29,30);/q;;+2/p-2/b2*12-11+;/t2*18-,19-;/m00./s1. The predicted octanol–water partition coefficient (Wildman–Crippen LogP) is 6.21. The van der Waals surface area contributed by atoms with Crippen LogP contribution in [0.1, 0.15) is 76.8 Å². The van der Waals surface area contributed by atoms with Gasteiger partial charge in [0, 0.05) is 94.0 Å². The zero-order chi connectivity index (χ0) is 43.7. The number of carboxylic acids is 2. The number of nitrogens with zero attached hydrogens (tertiary/aromatic N) is 2. The molecule has 0 unspecified atom stereocenters. The molecule has 0 bridgehead atoms. The van der Waals surface area contributed by atoms with Gasteiger partial charge in [-0.1, -0.05) is 72.8 Å². The van der Waals surface area contributed by atoms with Gasteiger partial charge < -0.3 is 49.4 Å². The van der Waals surface area contributed by atoms with E-state index in [2.05, 4.69) is 36.8 Å². The van der Waals surface area contributed by atoms with Crippen molar-refractivity contribution in [3.63, 3.8) is 0 Å². The molecule has 0 amide bonds. The molecule has 316 valence electrons. The summed E-state index contributed by atoms with van der Waals surface area (Å²) in [6, 6.07) is 28.6. The smallest absolute Gasteiger partial charge is 0.550 e. The van der Waals surface area contributed by atoms with E-state index in [1.165, 1.54) is 24.3 Å². The van der Waals surface area contributed by atoms with Gasteiger partial charge in [-0.2, -0.15) is 0 Å². The first kappa shape index (κ1) is 49.3. The molecule has 4 aromatic carbocycles. The summed E-state index contributed by atoms with van der Waals surface area (Å²) >= 11 is 0. The van der Waals surface area contributed by atoms with Crippen molar-refractivity contribution in [3.8, 4) is 22.3 Å². The van der Waals surface area contributed by atoms with Crippen LogP contribution in [0.25, 0.3) is 56.2 Å². The Morgan fingerprint density at radius 2 is 0.902 bits per heavy atom. The van der Waals surface area contributed by atoms with Crippen LogP contribution < -0.4 is 10.2 Å². The number of fused-ring (bicyclic) bond motifs is 2. The first-order chi connectivity index (χ1) is 28.5. The summed E-state index contributed by atoms with van der Waals surface area (Å²) in [6.07, 6.45) is 0.899. The fourth-order valence-electron chi connectivity index (χ4n) is 7.52. The summed E-state index contributed by atoms with van der Waals surface area (Å²) in [5.74, 6) is -3.36. The Kier molecular flexibility index (Phi) is 18.3. The van der Waals surface area contributed by atoms with Gasteiger partial charge in [0.25, 0.3) is 0 Å². The van der Waals surface area contributed by atoms with Crippen LogP contribution in [0.2, 0.25) is 0 Å². The van der Waals surface area contributed by atoms with E-state index in [0.717, 1.165) is 55.4 Å². The van der Waals surface area contributed by atoms with Crippen molar-refractivity contribution in [1.29, 1.82) is 0 Å². The van der Waals surface area contributed by atoms with Crippen molar-refractivity contribution in [1.82, 2.24) is 9.13 Å². The van der Waals surface area contributed by atoms with Crippen LogP contribution in [0.4, 0.5) is 8.78 Å². The average Bonchev–Trinajstić information content (AvgIpc) is 3.69. The summed E-state index contributed by atoms with van der Waals surface area (Å²) < 4.78 is 31.3. The van der Waals surface area contributed by atoms with Gasteiger partial charge in [-0.15, -0.1) is 0 Å². The maximum atomic E-state index is 13.5. The topological polar surface area (TPSA) is 171 Å². The molecule has 4 atom stereocenters. The maximum Gasteiger partial charge on any atom is 2.00 e. The number of aliphatic carboxylic acids is 2. The van der Waals surface area contributed by atoms with Gasteiger partial charge in [-0.25, -0.2) is 8.78 Å². The van der Waals surface area contributed by atoms with Gasteiger partial charge in [0.15, 0.2) is 0 Å². The molecule has 61 heavy (non-hydrogen) atoms. The average molecular weight is 958 g/mol. The number of carbonyl (C=O) groups is 2. The molecule has 0 spiro atoms. The number of carboxylic acid groups (broad SMARTS) is 2. The Morgan fingerprint density at radius 1 is 0.574 bits per heavy atom. The second kappa shape index (κ2) is 22.7. The number of hydrogen-bond acceptors (Lipinski definition) is 8. The third-order valence-corrected chi connectivity index (χ3v) is 9.98. The summed E-state index contributed by atoms with van der Waals surface area (Å²) in [5.41, 5.74) is 7.22. The van der Waals surface area contributed by atoms with Crippen LogP contribution in [-0.2, 0) is 9.59 Å². The minimum absolute atomic E-state index is 0. The van der Waals surface area contributed by atoms with E-state index in [1.807, 2.05) is 48.5 Å². The van der Waals surface area contributed by atoms with E-state index < -0.39 is 49.2 Å². The maximum absolute atomic E-state index is 13.5. The second-order valence-electron chi connectivity index (χ2n) is 15.3. The quantitative estimate of drug-likeness (QED) is 0.0831. The van der Waals surface area contributed by atoms with E-state index in [0.29, 0.717) is 0 Å². The minimum Gasteiger partial charge on any atom is -0.550 e. The fourth-order valence-corrected chi connectivity index (χ4v) is 7.52. The fraction of sp³-hybridized carbons (Fsp3) is 0.292. The van der Waals surface area contributed by atoms with Crippen molar-refractivity contribution in [3.05, 3.63) is 132 Å². The molecule has 0 aliphatic rings. The molecule has 13 heteroatoms. The van der Waals surface area contributed by atoms with Gasteiger partial charge in [0.1, 0.15) is 11.6 Å². The third kappa shape index (κ3) is 12.9. The first-order valence-electron chi connectivity index (χ1n) is 19.8. The SMILES string of the molecule is CC(C)n1c(/C=C/[C@H](O)C[C@H](O)CC(=O)[O-])c(-c2ccc(F)cc2)c2ccccc21.CC(C)n1c(/C=C/[C@H](O)C[C@H](O)CC(=O)[O-])c(-c2ccc(F)cc2)c2ccccc21.[Ba+2]. The summed E-state index contributed by atoms with van der Waals surface area (Å²) in [6.45, 7) is 8.22. The van der Waals surface area contributed by atoms with Crippen LogP contribution in [0.5, 0.6) is 0 Å². The molecular formula is C48H50BaF2N2O8. The van der Waals surface area contributed by atoms with E-state index >= 15 is 0 Å². The largest absolute Gasteiger partial charge is 2.00 e. The molecule has 10 nitrogen and oxygen atoms in total. The van der Waals surface area contributed by atoms with E-state index in [9.17, 15) is 49.0 Å². The third-order valence-electron chi connectivity index (χ3n) is 9.98. The summed E-state index contributed by atoms with van der Waals surface area (Å²) in [4.78, 5) is 21.2. The monoisotopic (exact) mass is 958 g/mol. The van der Waals surface area contributed by atoms with Crippen molar-refractivity contribution < 1.29 is 49.0 Å². The summed E-state index contributed by atoms with van der Waals surface area (Å²) in [5, 5.41) is 63.3. The van der Waals surface area contributed by atoms with Gasteiger partial charge in [-0.05, 0) is 87.4 Å². The molecule has 0 saturated heterocycles. The van der Waals surface area contributed by atoms with Crippen molar-refractivity contribution >= 4 is 94.8 Å². The molecule has 0 aliphatic carbocycles. The Bertz CT molecular complexity index is 2280. The molecule has 2 heterocycles. The predicted molar refractivity (Wildman–Crippen MR) is 232 cm³/mol. The number of aliphatic hydroxyl groups is 4. The Hall–Kier alpha value is -4.35. The number of aliphatic hydroxyl groups excluding tert-OH is 4. The zero-order valence-electron chi connectivity index (χ0n) is 34.6. The summed E-state index contributed by atoms with van der Waals surface area (Å²) in [7, 11) is 0. The molecule has 6 aromatic rings. The number of aromatic nitrogens is 2. The van der Waals surface area contributed by atoms with Gasteiger partial charge in [-0.3, -0.25) is 0 Å². The Balaban J connectivity index is 0.000000264. The Labute approximate surface area is 394 Å². The van der Waals surface area contributed by atoms with E-state index in [-0.39, 0.29) is 85.4 Å². The number of halogens is 2. The zero-order valence-corrected chi connectivity index (χ0v) is 39.1. The van der Waals surface area contributed by atoms with Crippen molar-refractivity contribution in [2.75, 3.05) is 0 Å². The van der Waals surface area contributed by atoms with Crippen molar-refractivity contribution in [2.24, 2.45) is 0 Å². The van der Waals surface area contributed by atoms with Gasteiger partial charge in [0.2, 0.25) is 0 Å². The first-order valence-corrected chi connectivity index (χ1v) is 19.8. The number of benzene rings is 4. The van der Waals surface area contributed by atoms with E-state index in [1.54, 1.807) is 48.6 Å². The van der Waals surface area contributed by atoms with E-state index in [4.69, 9.17) is 0 Å². The van der Waals surface area contributed by atoms with Crippen LogP contribution in [-0.4, -0.2) is 115 Å². The number of para-hydroxylation sites is 2. The molecular weight excluding hydrogens is 908 g/mol. The second-order valence-corrected chi connectivity index (χ2v) is 15.3. The molecule has 6 rings (SSSR count). The van der Waals surface area contributed by atoms with Crippen molar-refractivity contribution in [2.45, 2.75) is 89.9 Å². The molecule has 0 radical (unpaired) electrons. The number of hydrogen-bond donors (Lipinski definition) is 4.